The summed E-state index contributed by atoms with van der Waals surface area (Å²) in [6.45, 7) is 0.471. The van der Waals surface area contributed by atoms with E-state index in [0.29, 0.717) is 39.3 Å². The van der Waals surface area contributed by atoms with Gasteiger partial charge in [0.15, 0.2) is 5.11 Å². The Morgan fingerprint density at radius 1 is 1.00 bits per heavy atom. The average Bonchev–Trinajstić information content (AvgIpc) is 3.25. The van der Waals surface area contributed by atoms with Gasteiger partial charge in [0.05, 0.1) is 19.9 Å². The molecule has 1 fully saturated rings. The summed E-state index contributed by atoms with van der Waals surface area (Å²) in [5, 5.41) is 4.55. The number of hydrogen-bond donors (Lipinski definition) is 1. The molecule has 0 unspecified atom stereocenters. The average molecular weight is 566 g/mol. The van der Waals surface area contributed by atoms with Gasteiger partial charge in [0.1, 0.15) is 17.1 Å². The molecule has 1 N–H and O–H groups in total. The number of rotatable bonds is 6. The van der Waals surface area contributed by atoms with E-state index in [0.717, 1.165) is 16.5 Å². The summed E-state index contributed by atoms with van der Waals surface area (Å²) in [7, 11) is 3.01. The molecule has 2 amide bonds. The number of benzene rings is 3. The maximum atomic E-state index is 13.7. The Bertz CT molecular complexity index is 1650. The van der Waals surface area contributed by atoms with Gasteiger partial charge in [0.2, 0.25) is 0 Å². The van der Waals surface area contributed by atoms with E-state index in [1.807, 2.05) is 41.1 Å². The zero-order valence-corrected chi connectivity index (χ0v) is 22.7. The minimum Gasteiger partial charge on any atom is -0.497 e. The standard InChI is InChI=1S/C28H21Cl2N3O4S/c1-36-19-9-10-24(25(13-19)37-2)33-27(35)21(26(34)31-28(33)38)11-17-15-32(23-6-4-3-5-20(17)23)14-16-7-8-18(29)12-22(16)30/h3-13,15H,14H2,1-2H3,(H,31,34,38)/b21-11+. The lowest BCUT2D eigenvalue weighted by molar-refractivity contribution is -0.122. The molecule has 4 aromatic rings. The van der Waals surface area contributed by atoms with Crippen LogP contribution in [0.15, 0.2) is 72.4 Å². The summed E-state index contributed by atoms with van der Waals surface area (Å²) in [6.07, 6.45) is 3.46. The third kappa shape index (κ3) is 4.74. The van der Waals surface area contributed by atoms with E-state index in [9.17, 15) is 9.59 Å². The molecule has 192 valence electrons. The van der Waals surface area contributed by atoms with E-state index < -0.39 is 11.8 Å². The summed E-state index contributed by atoms with van der Waals surface area (Å²) >= 11 is 17.8. The fourth-order valence-corrected chi connectivity index (χ4v) is 5.10. The second kappa shape index (κ2) is 10.5. The predicted octanol–water partition coefficient (Wildman–Crippen LogP) is 5.84. The Morgan fingerprint density at radius 2 is 1.79 bits per heavy atom. The molecule has 10 heteroatoms. The van der Waals surface area contributed by atoms with E-state index in [1.54, 1.807) is 36.4 Å². The number of fused-ring (bicyclic) bond motifs is 1. The van der Waals surface area contributed by atoms with Gasteiger partial charge in [-0.25, -0.2) is 4.90 Å². The van der Waals surface area contributed by atoms with Crippen molar-refractivity contribution in [2.45, 2.75) is 6.54 Å². The second-order valence-corrected chi connectivity index (χ2v) is 9.69. The van der Waals surface area contributed by atoms with Gasteiger partial charge in [0, 0.05) is 45.3 Å². The van der Waals surface area contributed by atoms with Crippen LogP contribution in [0.25, 0.3) is 17.0 Å². The van der Waals surface area contributed by atoms with E-state index in [-0.39, 0.29) is 10.7 Å². The van der Waals surface area contributed by atoms with Crippen LogP contribution in [0.2, 0.25) is 10.0 Å². The first kappa shape index (κ1) is 25.8. The van der Waals surface area contributed by atoms with Gasteiger partial charge in [-0.1, -0.05) is 47.5 Å². The first-order valence-corrected chi connectivity index (χ1v) is 12.6. The van der Waals surface area contributed by atoms with Crippen molar-refractivity contribution in [1.29, 1.82) is 0 Å². The number of nitrogens with zero attached hydrogens (tertiary/aromatic N) is 2. The van der Waals surface area contributed by atoms with Crippen molar-refractivity contribution >= 4 is 75.0 Å². The lowest BCUT2D eigenvalue weighted by Crippen LogP contribution is -2.54. The van der Waals surface area contributed by atoms with Crippen molar-refractivity contribution in [3.05, 3.63) is 93.6 Å². The number of carbonyl (C=O) groups excluding carboxylic acids is 2. The zero-order chi connectivity index (χ0) is 27.0. The van der Waals surface area contributed by atoms with Gasteiger partial charge in [-0.15, -0.1) is 0 Å². The van der Waals surface area contributed by atoms with E-state index in [1.165, 1.54) is 19.1 Å². The number of hydrogen-bond acceptors (Lipinski definition) is 5. The predicted molar refractivity (Wildman–Crippen MR) is 153 cm³/mol. The SMILES string of the molecule is COc1ccc(N2C(=O)/C(=C/c3cn(Cc4ccc(Cl)cc4Cl)c4ccccc34)C(=O)NC2=S)c(OC)c1. The summed E-state index contributed by atoms with van der Waals surface area (Å²) in [4.78, 5) is 27.9. The number of halogens is 2. The lowest BCUT2D eigenvalue weighted by atomic mass is 10.1. The number of methoxy groups -OCH3 is 2. The smallest absolute Gasteiger partial charge is 0.270 e. The lowest BCUT2D eigenvalue weighted by Gasteiger charge is -2.30. The number of para-hydroxylation sites is 1. The van der Waals surface area contributed by atoms with Crippen molar-refractivity contribution < 1.29 is 19.1 Å². The molecule has 0 aliphatic carbocycles. The van der Waals surface area contributed by atoms with Gasteiger partial charge in [-0.3, -0.25) is 14.9 Å². The number of aromatic nitrogens is 1. The van der Waals surface area contributed by atoms with E-state index in [2.05, 4.69) is 5.32 Å². The molecule has 0 saturated carbocycles. The molecule has 0 bridgehead atoms. The first-order chi connectivity index (χ1) is 18.3. The number of ether oxygens (including phenoxy) is 2. The summed E-state index contributed by atoms with van der Waals surface area (Å²) in [5.74, 6) is -0.234. The molecule has 3 aromatic carbocycles. The topological polar surface area (TPSA) is 72.8 Å². The summed E-state index contributed by atoms with van der Waals surface area (Å²) < 4.78 is 12.7. The molecule has 1 saturated heterocycles. The molecule has 1 aromatic heterocycles. The first-order valence-electron chi connectivity index (χ1n) is 11.5. The Labute approximate surface area is 234 Å². The molecule has 0 spiro atoms. The van der Waals surface area contributed by atoms with Crippen LogP contribution in [0.5, 0.6) is 11.5 Å². The van der Waals surface area contributed by atoms with Crippen LogP contribution in [-0.4, -0.2) is 35.7 Å². The van der Waals surface area contributed by atoms with Gasteiger partial charge < -0.3 is 14.0 Å². The van der Waals surface area contributed by atoms with Crippen molar-refractivity contribution in [1.82, 2.24) is 9.88 Å². The van der Waals surface area contributed by atoms with Crippen LogP contribution in [-0.2, 0) is 16.1 Å². The van der Waals surface area contributed by atoms with Crippen molar-refractivity contribution in [2.75, 3.05) is 19.1 Å². The highest BCUT2D eigenvalue weighted by atomic mass is 35.5. The van der Waals surface area contributed by atoms with Gasteiger partial charge >= 0.3 is 0 Å². The molecule has 1 aliphatic rings. The van der Waals surface area contributed by atoms with Gasteiger partial charge in [-0.05, 0) is 54.2 Å². The maximum absolute atomic E-state index is 13.7. The van der Waals surface area contributed by atoms with Crippen LogP contribution in [0.4, 0.5) is 5.69 Å². The molecule has 0 atom stereocenters. The number of amides is 2. The summed E-state index contributed by atoms with van der Waals surface area (Å²) in [6, 6.07) is 18.1. The van der Waals surface area contributed by atoms with Crippen molar-refractivity contribution in [3.63, 3.8) is 0 Å². The summed E-state index contributed by atoms with van der Waals surface area (Å²) in [5.41, 5.74) is 2.81. The third-order valence-corrected chi connectivity index (χ3v) is 7.08. The minimum atomic E-state index is -0.582. The van der Waals surface area contributed by atoms with Crippen LogP contribution in [0.1, 0.15) is 11.1 Å². The van der Waals surface area contributed by atoms with E-state index >= 15 is 0 Å². The van der Waals surface area contributed by atoms with Gasteiger partial charge in [0.25, 0.3) is 11.8 Å². The highest BCUT2D eigenvalue weighted by Crippen LogP contribution is 2.35. The zero-order valence-electron chi connectivity index (χ0n) is 20.3. The van der Waals surface area contributed by atoms with Crippen molar-refractivity contribution in [3.8, 4) is 11.5 Å². The van der Waals surface area contributed by atoms with Crippen LogP contribution < -0.4 is 19.7 Å². The Morgan fingerprint density at radius 3 is 2.53 bits per heavy atom. The van der Waals surface area contributed by atoms with Gasteiger partial charge in [-0.2, -0.15) is 0 Å². The highest BCUT2D eigenvalue weighted by Gasteiger charge is 2.36. The number of thiocarbonyl (C=S) groups is 1. The molecule has 5 rings (SSSR count). The highest BCUT2D eigenvalue weighted by molar-refractivity contribution is 7.80. The Hall–Kier alpha value is -3.85. The fourth-order valence-electron chi connectivity index (χ4n) is 4.36. The molecular weight excluding hydrogens is 545 g/mol. The third-order valence-electron chi connectivity index (χ3n) is 6.20. The van der Waals surface area contributed by atoms with Crippen LogP contribution in [0.3, 0.4) is 0 Å². The molecular formula is C28H21Cl2N3O4S. The number of carbonyl (C=O) groups is 2. The van der Waals surface area contributed by atoms with Crippen LogP contribution >= 0.6 is 35.4 Å². The number of anilines is 1. The minimum absolute atomic E-state index is 0.0413. The van der Waals surface area contributed by atoms with Crippen molar-refractivity contribution in [2.24, 2.45) is 0 Å². The van der Waals surface area contributed by atoms with E-state index in [4.69, 9.17) is 44.9 Å². The molecule has 1 aliphatic heterocycles. The molecule has 38 heavy (non-hydrogen) atoms. The van der Waals surface area contributed by atoms with Crippen LogP contribution in [0, 0.1) is 0 Å². The number of nitrogens with one attached hydrogen (secondary N) is 1. The Balaban J connectivity index is 1.57. The molecule has 2 heterocycles. The second-order valence-electron chi connectivity index (χ2n) is 8.46. The molecule has 0 radical (unpaired) electrons. The Kier molecular flexibility index (Phi) is 7.12. The fraction of sp³-hybridized carbons (Fsp3) is 0.107. The normalized spacial score (nSPS) is 14.8. The monoisotopic (exact) mass is 565 g/mol. The maximum Gasteiger partial charge on any atom is 0.270 e. The largest absolute Gasteiger partial charge is 0.497 e. The molecule has 7 nitrogen and oxygen atoms in total. The quantitative estimate of drug-likeness (QED) is 0.180.